The van der Waals surface area contributed by atoms with Gasteiger partial charge in [0, 0.05) is 10.6 Å². The van der Waals surface area contributed by atoms with Crippen molar-refractivity contribution in [1.29, 1.82) is 0 Å². The van der Waals surface area contributed by atoms with Crippen molar-refractivity contribution >= 4 is 11.6 Å². The zero-order valence-corrected chi connectivity index (χ0v) is 8.39. The maximum atomic E-state index is 12.4. The highest BCUT2D eigenvalue weighted by Gasteiger charge is 2.35. The summed E-state index contributed by atoms with van der Waals surface area (Å²) in [5.74, 6) is -0.984. The van der Waals surface area contributed by atoms with E-state index in [-0.39, 0.29) is 10.6 Å². The smallest absolute Gasteiger partial charge is 0.420 e. The molecule has 0 spiro atoms. The molecule has 1 aromatic rings. The fourth-order valence-electron chi connectivity index (χ4n) is 1.15. The Morgan fingerprint density at radius 3 is 2.27 bits per heavy atom. The van der Waals surface area contributed by atoms with E-state index >= 15 is 0 Å². The van der Waals surface area contributed by atoms with Crippen LogP contribution in [0.4, 0.5) is 13.2 Å². The summed E-state index contributed by atoms with van der Waals surface area (Å²) in [6.45, 7) is 1.24. The lowest BCUT2D eigenvalue weighted by Gasteiger charge is -2.14. The molecule has 1 rings (SSSR count). The van der Waals surface area contributed by atoms with Crippen LogP contribution in [-0.2, 0) is 6.18 Å². The lowest BCUT2D eigenvalue weighted by atomic mass is 10.0. The van der Waals surface area contributed by atoms with E-state index < -0.39 is 23.6 Å². The second-order valence-corrected chi connectivity index (χ2v) is 3.50. The molecule has 0 aliphatic heterocycles. The maximum absolute atomic E-state index is 12.4. The SMILES string of the molecule is CC(O)c1cc(Cl)cc(C(F)(F)F)c1O. The Balaban J connectivity index is 3.42. The van der Waals surface area contributed by atoms with Gasteiger partial charge in [0.2, 0.25) is 0 Å². The van der Waals surface area contributed by atoms with Gasteiger partial charge in [-0.3, -0.25) is 0 Å². The summed E-state index contributed by atoms with van der Waals surface area (Å²) in [7, 11) is 0. The molecular formula is C9H8ClF3O2. The maximum Gasteiger partial charge on any atom is 0.420 e. The van der Waals surface area contributed by atoms with E-state index in [0.29, 0.717) is 6.07 Å². The highest BCUT2D eigenvalue weighted by Crippen LogP contribution is 2.41. The van der Waals surface area contributed by atoms with Crippen LogP contribution in [0.2, 0.25) is 5.02 Å². The normalized spacial score (nSPS) is 14.0. The molecule has 0 saturated carbocycles. The first-order valence-corrected chi connectivity index (χ1v) is 4.39. The summed E-state index contributed by atoms with van der Waals surface area (Å²) in [6.07, 6.45) is -5.91. The molecule has 0 radical (unpaired) electrons. The van der Waals surface area contributed by atoms with E-state index in [1.54, 1.807) is 0 Å². The Labute approximate surface area is 88.9 Å². The Morgan fingerprint density at radius 1 is 1.33 bits per heavy atom. The van der Waals surface area contributed by atoms with E-state index in [4.69, 9.17) is 16.7 Å². The molecule has 6 heteroatoms. The molecule has 0 fully saturated rings. The largest absolute Gasteiger partial charge is 0.507 e. The van der Waals surface area contributed by atoms with Crippen molar-refractivity contribution in [3.63, 3.8) is 0 Å². The number of hydrogen-bond donors (Lipinski definition) is 2. The van der Waals surface area contributed by atoms with Crippen LogP contribution in [-0.4, -0.2) is 10.2 Å². The summed E-state index contributed by atoms with van der Waals surface area (Å²) in [6, 6.07) is 1.71. The third-order valence-corrected chi connectivity index (χ3v) is 2.08. The number of aromatic hydroxyl groups is 1. The minimum Gasteiger partial charge on any atom is -0.507 e. The molecule has 0 amide bonds. The van der Waals surface area contributed by atoms with Gasteiger partial charge in [-0.2, -0.15) is 13.2 Å². The molecule has 0 aliphatic rings. The molecule has 1 atom stereocenters. The van der Waals surface area contributed by atoms with Crippen molar-refractivity contribution in [2.75, 3.05) is 0 Å². The van der Waals surface area contributed by atoms with Gasteiger partial charge in [0.15, 0.2) is 0 Å². The van der Waals surface area contributed by atoms with Crippen LogP contribution in [0.25, 0.3) is 0 Å². The third kappa shape index (κ3) is 2.54. The molecule has 0 aliphatic carbocycles. The zero-order valence-electron chi connectivity index (χ0n) is 7.64. The van der Waals surface area contributed by atoms with E-state index in [9.17, 15) is 18.3 Å². The van der Waals surface area contributed by atoms with Crippen molar-refractivity contribution in [1.82, 2.24) is 0 Å². The quantitative estimate of drug-likeness (QED) is 0.792. The van der Waals surface area contributed by atoms with Gasteiger partial charge in [0.25, 0.3) is 0 Å². The Morgan fingerprint density at radius 2 is 1.87 bits per heavy atom. The number of rotatable bonds is 1. The van der Waals surface area contributed by atoms with Gasteiger partial charge < -0.3 is 10.2 Å². The van der Waals surface area contributed by atoms with E-state index in [0.717, 1.165) is 6.07 Å². The van der Waals surface area contributed by atoms with Gasteiger partial charge in [0.1, 0.15) is 5.75 Å². The second-order valence-electron chi connectivity index (χ2n) is 3.06. The molecule has 2 N–H and O–H groups in total. The molecule has 0 bridgehead atoms. The summed E-state index contributed by atoms with van der Waals surface area (Å²) in [4.78, 5) is 0. The number of phenolic OH excluding ortho intramolecular Hbond substituents is 1. The Bertz CT molecular complexity index is 374. The Kier molecular flexibility index (Phi) is 3.16. The third-order valence-electron chi connectivity index (χ3n) is 1.86. The average Bonchev–Trinajstić information content (AvgIpc) is 2.06. The van der Waals surface area contributed by atoms with Crippen molar-refractivity contribution < 1.29 is 23.4 Å². The number of aliphatic hydroxyl groups is 1. The first-order valence-electron chi connectivity index (χ1n) is 4.01. The average molecular weight is 241 g/mol. The van der Waals surface area contributed by atoms with Gasteiger partial charge in [-0.25, -0.2) is 0 Å². The van der Waals surface area contributed by atoms with Gasteiger partial charge >= 0.3 is 6.18 Å². The lowest BCUT2D eigenvalue weighted by Crippen LogP contribution is -2.07. The summed E-state index contributed by atoms with van der Waals surface area (Å²) in [5, 5.41) is 18.2. The van der Waals surface area contributed by atoms with Gasteiger partial charge in [-0.1, -0.05) is 11.6 Å². The minimum absolute atomic E-state index is 0.184. The fourth-order valence-corrected chi connectivity index (χ4v) is 1.38. The molecule has 15 heavy (non-hydrogen) atoms. The first-order chi connectivity index (χ1) is 6.73. The highest BCUT2D eigenvalue weighted by atomic mass is 35.5. The summed E-state index contributed by atoms with van der Waals surface area (Å²) >= 11 is 5.45. The number of phenols is 1. The van der Waals surface area contributed by atoms with Gasteiger partial charge in [-0.15, -0.1) is 0 Å². The van der Waals surface area contributed by atoms with Crippen LogP contribution in [0.3, 0.4) is 0 Å². The topological polar surface area (TPSA) is 40.5 Å². The molecule has 2 nitrogen and oxygen atoms in total. The van der Waals surface area contributed by atoms with E-state index in [1.165, 1.54) is 6.92 Å². The van der Waals surface area contributed by atoms with Crippen molar-refractivity contribution in [2.24, 2.45) is 0 Å². The van der Waals surface area contributed by atoms with E-state index in [1.807, 2.05) is 0 Å². The van der Waals surface area contributed by atoms with Crippen LogP contribution in [0, 0.1) is 0 Å². The monoisotopic (exact) mass is 240 g/mol. The second kappa shape index (κ2) is 3.90. The van der Waals surface area contributed by atoms with Crippen LogP contribution >= 0.6 is 11.6 Å². The minimum atomic E-state index is -4.70. The molecule has 0 aromatic heterocycles. The molecular weight excluding hydrogens is 233 g/mol. The molecule has 84 valence electrons. The highest BCUT2D eigenvalue weighted by molar-refractivity contribution is 6.30. The van der Waals surface area contributed by atoms with Crippen LogP contribution in [0.5, 0.6) is 5.75 Å². The molecule has 0 heterocycles. The fraction of sp³-hybridized carbons (Fsp3) is 0.333. The Hall–Kier alpha value is -0.940. The van der Waals surface area contributed by atoms with Crippen molar-refractivity contribution in [3.05, 3.63) is 28.3 Å². The molecule has 1 aromatic carbocycles. The molecule has 0 saturated heterocycles. The standard InChI is InChI=1S/C9H8ClF3O2/c1-4(14)6-2-5(10)3-7(8(6)15)9(11,12)13/h2-4,14-15H,1H3. The number of alkyl halides is 3. The van der Waals surface area contributed by atoms with Gasteiger partial charge in [0.05, 0.1) is 11.7 Å². The number of benzene rings is 1. The van der Waals surface area contributed by atoms with Crippen LogP contribution in [0.15, 0.2) is 12.1 Å². The summed E-state index contributed by atoms with van der Waals surface area (Å²) in [5.41, 5.74) is -1.49. The summed E-state index contributed by atoms with van der Waals surface area (Å²) < 4.78 is 37.1. The first kappa shape index (κ1) is 12.1. The number of hydrogen-bond acceptors (Lipinski definition) is 2. The molecule has 1 unspecified atom stereocenters. The lowest BCUT2D eigenvalue weighted by molar-refractivity contribution is -0.138. The van der Waals surface area contributed by atoms with Gasteiger partial charge in [-0.05, 0) is 19.1 Å². The number of halogens is 4. The number of aliphatic hydroxyl groups excluding tert-OH is 1. The van der Waals surface area contributed by atoms with Crippen LogP contribution < -0.4 is 0 Å². The van der Waals surface area contributed by atoms with Crippen molar-refractivity contribution in [2.45, 2.75) is 19.2 Å². The predicted octanol–water partition coefficient (Wildman–Crippen LogP) is 3.12. The predicted molar refractivity (Wildman–Crippen MR) is 48.8 cm³/mol. The van der Waals surface area contributed by atoms with E-state index in [2.05, 4.69) is 0 Å². The van der Waals surface area contributed by atoms with Crippen molar-refractivity contribution in [3.8, 4) is 5.75 Å². The van der Waals surface area contributed by atoms with Crippen LogP contribution in [0.1, 0.15) is 24.2 Å². The zero-order chi connectivity index (χ0) is 11.8.